The number of benzene rings is 2. The highest BCUT2D eigenvalue weighted by atomic mass is 16.5. The smallest absolute Gasteiger partial charge is 0.371 e. The summed E-state index contributed by atoms with van der Waals surface area (Å²) in [6.45, 7) is 6.74. The molecule has 0 fully saturated rings. The second-order valence-electron chi connectivity index (χ2n) is 8.04. The van der Waals surface area contributed by atoms with E-state index < -0.39 is 5.97 Å². The summed E-state index contributed by atoms with van der Waals surface area (Å²) >= 11 is 0. The van der Waals surface area contributed by atoms with Crippen molar-refractivity contribution in [2.75, 3.05) is 6.61 Å². The number of carbonyl (C=O) groups excluding carboxylic acids is 1. The summed E-state index contributed by atoms with van der Waals surface area (Å²) in [6, 6.07) is 15.7. The number of carboxylic acid groups (broad SMARTS) is 1. The van der Waals surface area contributed by atoms with E-state index in [0.29, 0.717) is 13.2 Å². The highest BCUT2D eigenvalue weighted by molar-refractivity contribution is 5.90. The quantitative estimate of drug-likeness (QED) is 0.228. The first-order valence-electron chi connectivity index (χ1n) is 11.5. The second kappa shape index (κ2) is 13.4. The van der Waals surface area contributed by atoms with Gasteiger partial charge in [-0.3, -0.25) is 4.79 Å². The molecule has 0 saturated heterocycles. The fourth-order valence-electron chi connectivity index (χ4n) is 3.48. The zero-order valence-electron chi connectivity index (χ0n) is 19.4. The molecule has 1 atom stereocenters. The summed E-state index contributed by atoms with van der Waals surface area (Å²) in [6.07, 6.45) is 7.17. The Balaban J connectivity index is 1.98. The van der Waals surface area contributed by atoms with Crippen LogP contribution in [0.25, 0.3) is 17.2 Å². The summed E-state index contributed by atoms with van der Waals surface area (Å²) in [7, 11) is 0. The second-order valence-corrected chi connectivity index (χ2v) is 8.04. The van der Waals surface area contributed by atoms with E-state index in [9.17, 15) is 14.7 Å². The fraction of sp³-hybridized carbons (Fsp3) is 0.407. The molecule has 1 unspecified atom stereocenters. The van der Waals surface area contributed by atoms with Crippen LogP contribution in [-0.4, -0.2) is 23.6 Å². The van der Waals surface area contributed by atoms with Crippen molar-refractivity contribution >= 4 is 18.0 Å². The SMILES string of the molecule is CCCCCCC(C)C(=O)NCc1cccc(-c2ccc(C=C(OCC)C(=O)O)cc2)c1. The first-order chi connectivity index (χ1) is 15.4. The minimum Gasteiger partial charge on any atom is -0.487 e. The zero-order valence-corrected chi connectivity index (χ0v) is 19.4. The molecule has 172 valence electrons. The predicted octanol–water partition coefficient (Wildman–Crippen LogP) is 6.04. The topological polar surface area (TPSA) is 75.6 Å². The molecule has 0 aliphatic rings. The Bertz CT molecular complexity index is 902. The lowest BCUT2D eigenvalue weighted by Gasteiger charge is -2.13. The van der Waals surface area contributed by atoms with Crippen LogP contribution in [0.15, 0.2) is 54.3 Å². The molecule has 0 radical (unpaired) electrons. The van der Waals surface area contributed by atoms with Crippen molar-refractivity contribution in [2.45, 2.75) is 59.4 Å². The van der Waals surface area contributed by atoms with E-state index in [2.05, 4.69) is 18.3 Å². The number of carbonyl (C=O) groups is 2. The molecule has 0 saturated carbocycles. The van der Waals surface area contributed by atoms with Gasteiger partial charge in [0.15, 0.2) is 0 Å². The lowest BCUT2D eigenvalue weighted by molar-refractivity contribution is -0.136. The zero-order chi connectivity index (χ0) is 23.3. The number of ether oxygens (including phenoxy) is 1. The summed E-state index contributed by atoms with van der Waals surface area (Å²) in [5.74, 6) is -1.02. The van der Waals surface area contributed by atoms with Crippen molar-refractivity contribution in [3.63, 3.8) is 0 Å². The van der Waals surface area contributed by atoms with E-state index in [1.165, 1.54) is 25.3 Å². The monoisotopic (exact) mass is 437 g/mol. The highest BCUT2D eigenvalue weighted by Gasteiger charge is 2.12. The summed E-state index contributed by atoms with van der Waals surface area (Å²) in [5.41, 5.74) is 3.87. The molecule has 2 aromatic rings. The van der Waals surface area contributed by atoms with Crippen LogP contribution < -0.4 is 5.32 Å². The average molecular weight is 438 g/mol. The van der Waals surface area contributed by atoms with Crippen molar-refractivity contribution in [2.24, 2.45) is 5.92 Å². The van der Waals surface area contributed by atoms with Gasteiger partial charge in [-0.2, -0.15) is 0 Å². The fourth-order valence-corrected chi connectivity index (χ4v) is 3.48. The van der Waals surface area contributed by atoms with E-state index in [1.807, 2.05) is 49.4 Å². The third-order valence-corrected chi connectivity index (χ3v) is 5.38. The van der Waals surface area contributed by atoms with Gasteiger partial charge in [0.25, 0.3) is 0 Å². The van der Waals surface area contributed by atoms with Gasteiger partial charge >= 0.3 is 5.97 Å². The third kappa shape index (κ3) is 8.22. The van der Waals surface area contributed by atoms with E-state index >= 15 is 0 Å². The van der Waals surface area contributed by atoms with Crippen LogP contribution in [0, 0.1) is 5.92 Å². The Morgan fingerprint density at radius 3 is 2.44 bits per heavy atom. The standard InChI is InChI=1S/C27H35NO4/c1-4-6-7-8-10-20(3)26(29)28-19-22-11-9-12-24(17-22)23-15-13-21(14-16-23)18-25(27(30)31)32-5-2/h9,11-18,20H,4-8,10,19H2,1-3H3,(H,28,29)(H,30,31). The van der Waals surface area contributed by atoms with Crippen LogP contribution in [0.4, 0.5) is 0 Å². The predicted molar refractivity (Wildman–Crippen MR) is 129 cm³/mol. The Kier molecular flexibility index (Phi) is 10.5. The van der Waals surface area contributed by atoms with Gasteiger partial charge in [-0.15, -0.1) is 0 Å². The van der Waals surface area contributed by atoms with Crippen LogP contribution in [-0.2, 0) is 20.9 Å². The van der Waals surface area contributed by atoms with E-state index in [0.717, 1.165) is 35.1 Å². The lowest BCUT2D eigenvalue weighted by atomic mass is 10.0. The number of rotatable bonds is 13. The van der Waals surface area contributed by atoms with Gasteiger partial charge in [0.1, 0.15) is 0 Å². The van der Waals surface area contributed by atoms with Gasteiger partial charge in [-0.25, -0.2) is 4.79 Å². The van der Waals surface area contributed by atoms with Gasteiger partial charge in [0.05, 0.1) is 6.61 Å². The molecule has 32 heavy (non-hydrogen) atoms. The minimum atomic E-state index is -1.08. The van der Waals surface area contributed by atoms with Gasteiger partial charge in [0.2, 0.25) is 11.7 Å². The van der Waals surface area contributed by atoms with E-state index in [-0.39, 0.29) is 17.6 Å². The molecule has 1 amide bonds. The van der Waals surface area contributed by atoms with E-state index in [4.69, 9.17) is 4.74 Å². The normalized spacial score (nSPS) is 12.3. The molecule has 0 aliphatic carbocycles. The maximum absolute atomic E-state index is 12.4. The maximum Gasteiger partial charge on any atom is 0.371 e. The van der Waals surface area contributed by atoms with Crippen LogP contribution >= 0.6 is 0 Å². The number of nitrogens with one attached hydrogen (secondary N) is 1. The first-order valence-corrected chi connectivity index (χ1v) is 11.5. The Morgan fingerprint density at radius 2 is 1.78 bits per heavy atom. The number of carboxylic acids is 1. The molecule has 0 aliphatic heterocycles. The molecule has 5 nitrogen and oxygen atoms in total. The van der Waals surface area contributed by atoms with Crippen LogP contribution in [0.2, 0.25) is 0 Å². The summed E-state index contributed by atoms with van der Waals surface area (Å²) < 4.78 is 5.16. The summed E-state index contributed by atoms with van der Waals surface area (Å²) in [4.78, 5) is 23.6. The highest BCUT2D eigenvalue weighted by Crippen LogP contribution is 2.22. The molecule has 2 aromatic carbocycles. The molecule has 5 heteroatoms. The maximum atomic E-state index is 12.4. The molecule has 0 heterocycles. The molecule has 2 N–H and O–H groups in total. The average Bonchev–Trinajstić information content (AvgIpc) is 2.80. The van der Waals surface area contributed by atoms with Gasteiger partial charge in [-0.1, -0.05) is 82.0 Å². The van der Waals surface area contributed by atoms with Crippen molar-refractivity contribution in [1.82, 2.24) is 5.32 Å². The van der Waals surface area contributed by atoms with Gasteiger partial charge in [0, 0.05) is 12.5 Å². The van der Waals surface area contributed by atoms with Crippen molar-refractivity contribution in [1.29, 1.82) is 0 Å². The van der Waals surface area contributed by atoms with Gasteiger partial charge in [-0.05, 0) is 47.7 Å². The number of hydrogen-bond donors (Lipinski definition) is 2. The first kappa shape index (κ1) is 25.2. The Morgan fingerprint density at radius 1 is 1.03 bits per heavy atom. The molecule has 2 rings (SSSR count). The molecular formula is C27H35NO4. The number of aliphatic carboxylic acids is 1. The van der Waals surface area contributed by atoms with Gasteiger partial charge < -0.3 is 15.2 Å². The van der Waals surface area contributed by atoms with E-state index in [1.54, 1.807) is 6.92 Å². The van der Waals surface area contributed by atoms with Crippen LogP contribution in [0.5, 0.6) is 0 Å². The Labute approximate surface area is 191 Å². The summed E-state index contributed by atoms with van der Waals surface area (Å²) in [5, 5.41) is 12.2. The third-order valence-electron chi connectivity index (χ3n) is 5.38. The van der Waals surface area contributed by atoms with Crippen molar-refractivity contribution in [3.05, 3.63) is 65.4 Å². The molecule has 0 aromatic heterocycles. The van der Waals surface area contributed by atoms with Crippen LogP contribution in [0.1, 0.15) is 64.0 Å². The van der Waals surface area contributed by atoms with Crippen molar-refractivity contribution in [3.8, 4) is 11.1 Å². The number of amides is 1. The lowest BCUT2D eigenvalue weighted by Crippen LogP contribution is -2.28. The van der Waals surface area contributed by atoms with Crippen molar-refractivity contribution < 1.29 is 19.4 Å². The molecule has 0 spiro atoms. The largest absolute Gasteiger partial charge is 0.487 e. The molecule has 0 bridgehead atoms. The number of hydrogen-bond acceptors (Lipinski definition) is 3. The number of unbranched alkanes of at least 4 members (excludes halogenated alkanes) is 3. The Hall–Kier alpha value is -3.08. The van der Waals surface area contributed by atoms with Crippen LogP contribution in [0.3, 0.4) is 0 Å². The minimum absolute atomic E-state index is 0.0306. The molecular weight excluding hydrogens is 402 g/mol.